The third-order valence-electron chi connectivity index (χ3n) is 4.08. The first-order valence-corrected chi connectivity index (χ1v) is 6.96. The molecule has 0 saturated heterocycles. The van der Waals surface area contributed by atoms with E-state index in [1.807, 2.05) is 6.20 Å². The van der Waals surface area contributed by atoms with Gasteiger partial charge in [0.2, 0.25) is 0 Å². The molecule has 1 aliphatic carbocycles. The summed E-state index contributed by atoms with van der Waals surface area (Å²) in [5.74, 6) is 0.628. The van der Waals surface area contributed by atoms with Crippen molar-refractivity contribution in [3.63, 3.8) is 0 Å². The summed E-state index contributed by atoms with van der Waals surface area (Å²) < 4.78 is 0. The minimum Gasteiger partial charge on any atom is -0.314 e. The van der Waals surface area contributed by atoms with Crippen LogP contribution in [0.3, 0.4) is 0 Å². The molecule has 1 aromatic carbocycles. The highest BCUT2D eigenvalue weighted by atomic mass is 14.9. The number of hydrogen-bond acceptors (Lipinski definition) is 2. The fourth-order valence-electron chi connectivity index (χ4n) is 3.27. The van der Waals surface area contributed by atoms with Gasteiger partial charge in [-0.25, -0.2) is 0 Å². The first kappa shape index (κ1) is 11.7. The van der Waals surface area contributed by atoms with Gasteiger partial charge in [-0.3, -0.25) is 4.98 Å². The van der Waals surface area contributed by atoms with Crippen LogP contribution in [-0.4, -0.2) is 17.6 Å². The van der Waals surface area contributed by atoms with E-state index in [1.54, 1.807) is 0 Å². The maximum absolute atomic E-state index is 4.42. The van der Waals surface area contributed by atoms with E-state index in [1.165, 1.54) is 35.6 Å². The predicted molar refractivity (Wildman–Crippen MR) is 75.8 cm³/mol. The van der Waals surface area contributed by atoms with Crippen LogP contribution in [0.4, 0.5) is 0 Å². The molecule has 2 atom stereocenters. The molecule has 0 radical (unpaired) electrons. The van der Waals surface area contributed by atoms with Gasteiger partial charge in [0.05, 0.1) is 0 Å². The van der Waals surface area contributed by atoms with Crippen molar-refractivity contribution >= 4 is 10.8 Å². The summed E-state index contributed by atoms with van der Waals surface area (Å²) in [6, 6.07) is 9.23. The molecule has 0 amide bonds. The number of rotatable bonds is 3. The van der Waals surface area contributed by atoms with E-state index in [0.29, 0.717) is 12.0 Å². The van der Waals surface area contributed by atoms with Gasteiger partial charge >= 0.3 is 0 Å². The highest BCUT2D eigenvalue weighted by molar-refractivity contribution is 5.85. The molecule has 3 rings (SSSR count). The number of nitrogens with zero attached hydrogens (tertiary/aromatic N) is 1. The Bertz CT molecular complexity index is 530. The molecule has 2 nitrogen and oxygen atoms in total. The van der Waals surface area contributed by atoms with Crippen LogP contribution >= 0.6 is 0 Å². The molecule has 0 spiro atoms. The molecule has 1 fully saturated rings. The normalized spacial score (nSPS) is 23.6. The van der Waals surface area contributed by atoms with Crippen LogP contribution in [0.25, 0.3) is 10.8 Å². The van der Waals surface area contributed by atoms with Gasteiger partial charge in [0, 0.05) is 29.7 Å². The van der Waals surface area contributed by atoms with Gasteiger partial charge in [0.15, 0.2) is 0 Å². The van der Waals surface area contributed by atoms with Crippen LogP contribution in [0, 0.1) is 0 Å². The average molecular weight is 240 g/mol. The minimum atomic E-state index is 0.627. The second-order valence-electron chi connectivity index (χ2n) is 5.15. The number of pyridine rings is 1. The molecule has 1 saturated carbocycles. The average Bonchev–Trinajstić information content (AvgIpc) is 2.87. The molecule has 1 N–H and O–H groups in total. The van der Waals surface area contributed by atoms with Crippen LogP contribution in [0.2, 0.25) is 0 Å². The fraction of sp³-hybridized carbons (Fsp3) is 0.438. The molecule has 1 aromatic heterocycles. The molecule has 0 aliphatic heterocycles. The largest absolute Gasteiger partial charge is 0.314 e. The van der Waals surface area contributed by atoms with Crippen LogP contribution in [0.5, 0.6) is 0 Å². The highest BCUT2D eigenvalue weighted by Crippen LogP contribution is 2.37. The van der Waals surface area contributed by atoms with Crippen molar-refractivity contribution in [2.24, 2.45) is 0 Å². The van der Waals surface area contributed by atoms with E-state index >= 15 is 0 Å². The van der Waals surface area contributed by atoms with E-state index in [2.05, 4.69) is 47.7 Å². The minimum absolute atomic E-state index is 0.627. The number of aromatic nitrogens is 1. The molecule has 2 unspecified atom stereocenters. The van der Waals surface area contributed by atoms with Gasteiger partial charge < -0.3 is 5.32 Å². The van der Waals surface area contributed by atoms with Crippen molar-refractivity contribution in [1.29, 1.82) is 0 Å². The molecule has 1 aliphatic rings. The number of nitrogens with one attached hydrogen (secondary N) is 1. The van der Waals surface area contributed by atoms with Crippen molar-refractivity contribution in [1.82, 2.24) is 10.3 Å². The second kappa shape index (κ2) is 5.07. The van der Waals surface area contributed by atoms with Gasteiger partial charge in [-0.05, 0) is 30.3 Å². The lowest BCUT2D eigenvalue weighted by Gasteiger charge is -2.21. The van der Waals surface area contributed by atoms with Gasteiger partial charge in [-0.1, -0.05) is 37.6 Å². The quantitative estimate of drug-likeness (QED) is 0.888. The molecular weight excluding hydrogens is 220 g/mol. The topological polar surface area (TPSA) is 24.9 Å². The monoisotopic (exact) mass is 240 g/mol. The fourth-order valence-corrected chi connectivity index (χ4v) is 3.27. The van der Waals surface area contributed by atoms with Crippen LogP contribution in [-0.2, 0) is 0 Å². The summed E-state index contributed by atoms with van der Waals surface area (Å²) in [5, 5.41) is 6.27. The Balaban J connectivity index is 2.03. The summed E-state index contributed by atoms with van der Waals surface area (Å²) in [4.78, 5) is 4.42. The molecule has 2 aromatic rings. The van der Waals surface area contributed by atoms with E-state index in [9.17, 15) is 0 Å². The summed E-state index contributed by atoms with van der Waals surface area (Å²) in [5.41, 5.74) is 1.43. The Hall–Kier alpha value is -1.41. The number of hydrogen-bond donors (Lipinski definition) is 1. The standard InChI is InChI=1S/C16H20N2/c1-2-18-16-9-5-8-14(16)15-11-17-10-12-6-3-4-7-13(12)15/h3-4,6-7,10-11,14,16,18H,2,5,8-9H2,1H3. The first-order chi connectivity index (χ1) is 8.90. The van der Waals surface area contributed by atoms with Gasteiger partial charge in [-0.2, -0.15) is 0 Å². The maximum Gasteiger partial charge on any atom is 0.0346 e. The van der Waals surface area contributed by atoms with Gasteiger partial charge in [0.1, 0.15) is 0 Å². The Morgan fingerprint density at radius 2 is 2.11 bits per heavy atom. The smallest absolute Gasteiger partial charge is 0.0346 e. The number of fused-ring (bicyclic) bond motifs is 1. The molecular formula is C16H20N2. The number of likely N-dealkylation sites (N-methyl/N-ethyl adjacent to an activating group) is 1. The Labute approximate surface area is 108 Å². The third kappa shape index (κ3) is 2.01. The Kier molecular flexibility index (Phi) is 3.28. The molecule has 0 bridgehead atoms. The van der Waals surface area contributed by atoms with Crippen molar-refractivity contribution in [2.75, 3.05) is 6.54 Å². The third-order valence-corrected chi connectivity index (χ3v) is 4.08. The summed E-state index contributed by atoms with van der Waals surface area (Å²) >= 11 is 0. The zero-order chi connectivity index (χ0) is 12.4. The lowest BCUT2D eigenvalue weighted by atomic mass is 9.91. The molecule has 2 heteroatoms. The zero-order valence-corrected chi connectivity index (χ0v) is 10.9. The summed E-state index contributed by atoms with van der Waals surface area (Å²) in [6.45, 7) is 3.25. The predicted octanol–water partition coefficient (Wildman–Crippen LogP) is 3.48. The zero-order valence-electron chi connectivity index (χ0n) is 10.9. The van der Waals surface area contributed by atoms with Crippen molar-refractivity contribution in [3.05, 3.63) is 42.2 Å². The number of benzene rings is 1. The SMILES string of the molecule is CCNC1CCCC1c1cncc2ccccc12. The van der Waals surface area contributed by atoms with E-state index in [0.717, 1.165) is 6.54 Å². The molecule has 94 valence electrons. The molecule has 1 heterocycles. The Morgan fingerprint density at radius 1 is 1.22 bits per heavy atom. The summed E-state index contributed by atoms with van der Waals surface area (Å²) in [6.07, 6.45) is 7.94. The summed E-state index contributed by atoms with van der Waals surface area (Å²) in [7, 11) is 0. The van der Waals surface area contributed by atoms with Crippen molar-refractivity contribution in [2.45, 2.75) is 38.1 Å². The van der Waals surface area contributed by atoms with Crippen molar-refractivity contribution in [3.8, 4) is 0 Å². The maximum atomic E-state index is 4.42. The molecule has 18 heavy (non-hydrogen) atoms. The van der Waals surface area contributed by atoms with Crippen molar-refractivity contribution < 1.29 is 0 Å². The lowest BCUT2D eigenvalue weighted by molar-refractivity contribution is 0.494. The van der Waals surface area contributed by atoms with E-state index < -0.39 is 0 Å². The Morgan fingerprint density at radius 3 is 3.00 bits per heavy atom. The van der Waals surface area contributed by atoms with E-state index in [-0.39, 0.29) is 0 Å². The lowest BCUT2D eigenvalue weighted by Crippen LogP contribution is -2.31. The van der Waals surface area contributed by atoms with Gasteiger partial charge in [-0.15, -0.1) is 0 Å². The highest BCUT2D eigenvalue weighted by Gasteiger charge is 2.28. The van der Waals surface area contributed by atoms with E-state index in [4.69, 9.17) is 0 Å². The van der Waals surface area contributed by atoms with Crippen LogP contribution in [0.15, 0.2) is 36.7 Å². The second-order valence-corrected chi connectivity index (χ2v) is 5.15. The van der Waals surface area contributed by atoms with Crippen LogP contribution in [0.1, 0.15) is 37.7 Å². The van der Waals surface area contributed by atoms with Gasteiger partial charge in [0.25, 0.3) is 0 Å². The van der Waals surface area contributed by atoms with Crippen LogP contribution < -0.4 is 5.32 Å². The first-order valence-electron chi connectivity index (χ1n) is 6.96.